The fraction of sp³-hybridized carbons (Fsp3) is 0.407. The van der Waals surface area contributed by atoms with Gasteiger partial charge < -0.3 is 0 Å². The van der Waals surface area contributed by atoms with Gasteiger partial charge in [0.2, 0.25) is 0 Å². The van der Waals surface area contributed by atoms with Gasteiger partial charge in [0.05, 0.1) is 0 Å². The Morgan fingerprint density at radius 3 is 1.59 bits per heavy atom. The van der Waals surface area contributed by atoms with E-state index in [1.165, 1.54) is 10.6 Å². The molecule has 0 bridgehead atoms. The highest BCUT2D eigenvalue weighted by molar-refractivity contribution is 7.73. The van der Waals surface area contributed by atoms with E-state index in [2.05, 4.69) is 127 Å². The Bertz CT molecular complexity index is 797. The summed E-state index contributed by atoms with van der Waals surface area (Å²) < 4.78 is 0. The molecule has 1 aliphatic rings. The van der Waals surface area contributed by atoms with E-state index in [0.717, 1.165) is 0 Å². The van der Waals surface area contributed by atoms with Gasteiger partial charge in [-0.1, -0.05) is 135 Å². The van der Waals surface area contributed by atoms with Crippen molar-refractivity contribution in [3.8, 4) is 0 Å². The lowest BCUT2D eigenvalue weighted by molar-refractivity contribution is 0.694. The zero-order valence-corrected chi connectivity index (χ0v) is 20.8. The van der Waals surface area contributed by atoms with Gasteiger partial charge in [0, 0.05) is 5.92 Å². The van der Waals surface area contributed by atoms with Crippen LogP contribution in [0, 0.1) is 5.92 Å². The fourth-order valence-electron chi connectivity index (χ4n) is 4.85. The Hall–Kier alpha value is -1.22. The van der Waals surface area contributed by atoms with Gasteiger partial charge >= 0.3 is 0 Å². The van der Waals surface area contributed by atoms with Crippen LogP contribution < -0.4 is 10.6 Å². The summed E-state index contributed by atoms with van der Waals surface area (Å²) in [5.74, 6) is 0.520. The van der Waals surface area contributed by atoms with Crippen molar-refractivity contribution in [1.82, 2.24) is 0 Å². The van der Waals surface area contributed by atoms with Gasteiger partial charge in [-0.25, -0.2) is 0 Å². The standard InChI is InChI=1S/C27H36P2/c1-21(24-19-14-20-25(24)29(26(2,3)4)27(5,6)7)28(22-15-10-8-11-16-22)23-17-12-9-13-18-23/h8-21,24H,1-7H3/t21-,24?/m1/s1. The van der Waals surface area contributed by atoms with E-state index < -0.39 is 7.92 Å². The molecule has 0 nitrogen and oxygen atoms in total. The molecule has 0 amide bonds. The molecule has 2 aromatic rings. The van der Waals surface area contributed by atoms with Crippen molar-refractivity contribution in [3.05, 3.63) is 84.2 Å². The number of benzene rings is 2. The Kier molecular flexibility index (Phi) is 6.88. The average Bonchev–Trinajstić information content (AvgIpc) is 3.10. The maximum absolute atomic E-state index is 2.48. The summed E-state index contributed by atoms with van der Waals surface area (Å²) in [5, 5.41) is 5.25. The van der Waals surface area contributed by atoms with Crippen molar-refractivity contribution < 1.29 is 0 Å². The van der Waals surface area contributed by atoms with Crippen LogP contribution in [0.15, 0.2) is 84.2 Å². The van der Waals surface area contributed by atoms with Gasteiger partial charge in [0.1, 0.15) is 0 Å². The van der Waals surface area contributed by atoms with Gasteiger partial charge in [-0.05, 0) is 39.8 Å². The maximum Gasteiger partial charge on any atom is 0.00968 e. The van der Waals surface area contributed by atoms with Gasteiger partial charge in [0.25, 0.3) is 0 Å². The van der Waals surface area contributed by atoms with Gasteiger partial charge in [0.15, 0.2) is 0 Å². The normalized spacial score (nSPS) is 18.4. The minimum atomic E-state index is -0.428. The molecule has 2 heteroatoms. The second kappa shape index (κ2) is 8.88. The zero-order valence-electron chi connectivity index (χ0n) is 19.1. The summed E-state index contributed by atoms with van der Waals surface area (Å²) >= 11 is 0. The first kappa shape index (κ1) is 22.5. The van der Waals surface area contributed by atoms with Crippen molar-refractivity contribution in [3.63, 3.8) is 0 Å². The van der Waals surface area contributed by atoms with E-state index >= 15 is 0 Å². The quantitative estimate of drug-likeness (QED) is 0.434. The summed E-state index contributed by atoms with van der Waals surface area (Å²) in [5.41, 5.74) is 0.564. The van der Waals surface area contributed by atoms with E-state index in [0.29, 0.717) is 21.9 Å². The Morgan fingerprint density at radius 1 is 0.724 bits per heavy atom. The summed E-state index contributed by atoms with van der Waals surface area (Å²) in [6.45, 7) is 17.1. The topological polar surface area (TPSA) is 0 Å². The van der Waals surface area contributed by atoms with Crippen LogP contribution in [-0.2, 0) is 0 Å². The molecular weight excluding hydrogens is 386 g/mol. The summed E-state index contributed by atoms with van der Waals surface area (Å²) in [4.78, 5) is 0. The highest BCUT2D eigenvalue weighted by Crippen LogP contribution is 2.68. The van der Waals surface area contributed by atoms with Crippen molar-refractivity contribution >= 4 is 26.5 Å². The molecule has 0 spiro atoms. The number of rotatable bonds is 5. The molecule has 2 atom stereocenters. The van der Waals surface area contributed by atoms with Crippen molar-refractivity contribution in [2.24, 2.45) is 5.92 Å². The van der Waals surface area contributed by atoms with Crippen molar-refractivity contribution in [1.29, 1.82) is 0 Å². The first-order chi connectivity index (χ1) is 13.6. The van der Waals surface area contributed by atoms with E-state index in [1.807, 2.05) is 0 Å². The van der Waals surface area contributed by atoms with E-state index in [1.54, 1.807) is 5.31 Å². The maximum atomic E-state index is 2.48. The smallest absolute Gasteiger partial charge is 0.00968 e. The first-order valence-electron chi connectivity index (χ1n) is 10.7. The van der Waals surface area contributed by atoms with Gasteiger partial charge in [-0.15, -0.1) is 0 Å². The summed E-state index contributed by atoms with van der Waals surface area (Å²) in [6.07, 6.45) is 7.26. The molecule has 0 aliphatic heterocycles. The highest BCUT2D eigenvalue weighted by Gasteiger charge is 2.42. The van der Waals surface area contributed by atoms with Crippen LogP contribution in [0.1, 0.15) is 48.5 Å². The molecule has 0 aromatic heterocycles. The van der Waals surface area contributed by atoms with Crippen LogP contribution in [-0.4, -0.2) is 16.0 Å². The third-order valence-electron chi connectivity index (χ3n) is 5.52. The molecule has 0 heterocycles. The van der Waals surface area contributed by atoms with Gasteiger partial charge in [-0.2, -0.15) is 0 Å². The number of hydrogen-bond donors (Lipinski definition) is 0. The van der Waals surface area contributed by atoms with Crippen molar-refractivity contribution in [2.45, 2.75) is 64.4 Å². The van der Waals surface area contributed by atoms with Crippen LogP contribution in [0.25, 0.3) is 0 Å². The predicted molar refractivity (Wildman–Crippen MR) is 136 cm³/mol. The van der Waals surface area contributed by atoms with Crippen LogP contribution in [0.4, 0.5) is 0 Å². The molecule has 0 N–H and O–H groups in total. The lowest BCUT2D eigenvalue weighted by atomic mass is 10.1. The molecule has 2 aromatic carbocycles. The summed E-state index contributed by atoms with van der Waals surface area (Å²) in [6, 6.07) is 22.3. The van der Waals surface area contributed by atoms with Crippen molar-refractivity contribution in [2.75, 3.05) is 0 Å². The Labute approximate surface area is 181 Å². The number of hydrogen-bond acceptors (Lipinski definition) is 0. The molecule has 0 saturated heterocycles. The second-order valence-electron chi connectivity index (χ2n) is 9.96. The van der Waals surface area contributed by atoms with Crippen LogP contribution in [0.5, 0.6) is 0 Å². The fourth-order valence-corrected chi connectivity index (χ4v) is 12.2. The third-order valence-corrected chi connectivity index (χ3v) is 12.0. The zero-order chi connectivity index (χ0) is 21.2. The molecule has 0 radical (unpaired) electrons. The van der Waals surface area contributed by atoms with E-state index in [-0.39, 0.29) is 7.92 Å². The Morgan fingerprint density at radius 2 is 1.17 bits per heavy atom. The SMILES string of the molecule is C[C@H](C1C=CC=C1P(C(C)(C)C)C(C)(C)C)P(c1ccccc1)c1ccccc1. The molecule has 3 rings (SSSR count). The monoisotopic (exact) mass is 422 g/mol. The van der Waals surface area contributed by atoms with Gasteiger partial charge in [-0.3, -0.25) is 0 Å². The van der Waals surface area contributed by atoms with E-state index in [4.69, 9.17) is 0 Å². The average molecular weight is 423 g/mol. The predicted octanol–water partition coefficient (Wildman–Crippen LogP) is 7.66. The third kappa shape index (κ3) is 5.10. The van der Waals surface area contributed by atoms with Crippen LogP contribution in [0.3, 0.4) is 0 Å². The lowest BCUT2D eigenvalue weighted by Crippen LogP contribution is -2.31. The molecule has 1 aliphatic carbocycles. The second-order valence-corrected chi connectivity index (χ2v) is 16.4. The van der Waals surface area contributed by atoms with E-state index in [9.17, 15) is 0 Å². The summed E-state index contributed by atoms with van der Waals surface area (Å²) in [7, 11) is -0.697. The highest BCUT2D eigenvalue weighted by atomic mass is 31.1. The molecule has 29 heavy (non-hydrogen) atoms. The molecule has 1 unspecified atom stereocenters. The largest absolute Gasteiger partial charge is 0.0763 e. The molecule has 0 saturated carbocycles. The minimum absolute atomic E-state index is 0.269. The molecule has 154 valence electrons. The molecular formula is C27H36P2. The minimum Gasteiger partial charge on any atom is -0.0763 e. The lowest BCUT2D eigenvalue weighted by Gasteiger charge is -2.45. The number of allylic oxidation sites excluding steroid dienone is 4. The van der Waals surface area contributed by atoms with Crippen LogP contribution in [0.2, 0.25) is 0 Å². The Balaban J connectivity index is 2.03. The van der Waals surface area contributed by atoms with Crippen LogP contribution >= 0.6 is 15.8 Å². The molecule has 0 fully saturated rings. The first-order valence-corrected chi connectivity index (χ1v) is 13.4.